The molecule has 1 aliphatic rings. The van der Waals surface area contributed by atoms with Crippen molar-refractivity contribution in [2.24, 2.45) is 0 Å². The highest BCUT2D eigenvalue weighted by atomic mass is 16.2. The van der Waals surface area contributed by atoms with Crippen LogP contribution in [0.1, 0.15) is 30.4 Å². The maximum Gasteiger partial charge on any atom is 0.0471 e. The monoisotopic (exact) mass is 219 g/mol. The Hall–Kier alpha value is -0.860. The molecule has 1 aliphatic heterocycles. The molecule has 1 aromatic rings. The van der Waals surface area contributed by atoms with Gasteiger partial charge >= 0.3 is 0 Å². The van der Waals surface area contributed by atoms with Crippen LogP contribution in [0.4, 0.5) is 0 Å². The zero-order valence-corrected chi connectivity index (χ0v) is 9.78. The number of aliphatic hydroxyl groups is 1. The van der Waals surface area contributed by atoms with E-state index >= 15 is 0 Å². The Bertz CT molecular complexity index is 301. The molecule has 2 nitrogen and oxygen atoms in total. The number of hydrogen-bond donors (Lipinski definition) is 2. The van der Waals surface area contributed by atoms with Gasteiger partial charge in [0.15, 0.2) is 0 Å². The van der Waals surface area contributed by atoms with Crippen LogP contribution in [-0.2, 0) is 12.8 Å². The topological polar surface area (TPSA) is 32.3 Å². The largest absolute Gasteiger partial charge is 0.396 e. The van der Waals surface area contributed by atoms with E-state index in [1.807, 2.05) is 0 Å². The van der Waals surface area contributed by atoms with E-state index in [2.05, 4.69) is 29.6 Å². The fourth-order valence-corrected chi connectivity index (χ4v) is 2.35. The molecule has 1 saturated heterocycles. The first-order chi connectivity index (χ1) is 7.88. The lowest BCUT2D eigenvalue weighted by Crippen LogP contribution is -2.35. The summed E-state index contributed by atoms with van der Waals surface area (Å²) >= 11 is 0. The molecule has 2 N–H and O–H groups in total. The van der Waals surface area contributed by atoms with Gasteiger partial charge in [0, 0.05) is 12.6 Å². The second kappa shape index (κ2) is 6.02. The second-order valence-electron chi connectivity index (χ2n) is 4.64. The summed E-state index contributed by atoms with van der Waals surface area (Å²) in [6, 6.07) is 9.32. The van der Waals surface area contributed by atoms with Crippen molar-refractivity contribution in [3.05, 3.63) is 35.4 Å². The molecule has 2 heteroatoms. The third-order valence-corrected chi connectivity index (χ3v) is 3.32. The van der Waals surface area contributed by atoms with Gasteiger partial charge in [0.2, 0.25) is 0 Å². The first-order valence-electron chi connectivity index (χ1n) is 6.30. The van der Waals surface area contributed by atoms with Gasteiger partial charge in [0.1, 0.15) is 0 Å². The van der Waals surface area contributed by atoms with Crippen LogP contribution in [0.5, 0.6) is 0 Å². The Balaban J connectivity index is 1.88. The smallest absolute Gasteiger partial charge is 0.0471 e. The van der Waals surface area contributed by atoms with E-state index in [0.717, 1.165) is 12.8 Å². The van der Waals surface area contributed by atoms with Crippen molar-refractivity contribution in [2.75, 3.05) is 13.2 Å². The molecule has 0 aliphatic carbocycles. The lowest BCUT2D eigenvalue weighted by molar-refractivity contribution is 0.299. The molecule has 1 atom stereocenters. The zero-order chi connectivity index (χ0) is 11.2. The summed E-state index contributed by atoms with van der Waals surface area (Å²) in [7, 11) is 0. The quantitative estimate of drug-likeness (QED) is 0.810. The van der Waals surface area contributed by atoms with Gasteiger partial charge in [-0.25, -0.2) is 0 Å². The molecule has 0 radical (unpaired) electrons. The van der Waals surface area contributed by atoms with Crippen molar-refractivity contribution in [1.82, 2.24) is 5.32 Å². The van der Waals surface area contributed by atoms with E-state index < -0.39 is 0 Å². The highest BCUT2D eigenvalue weighted by Crippen LogP contribution is 2.13. The lowest BCUT2D eigenvalue weighted by Gasteiger charge is -2.23. The van der Waals surface area contributed by atoms with E-state index in [1.165, 1.54) is 36.9 Å². The molecule has 1 aromatic carbocycles. The molecule has 1 unspecified atom stereocenters. The van der Waals surface area contributed by atoms with E-state index in [0.29, 0.717) is 6.04 Å². The SMILES string of the molecule is OCCc1ccc(CC2CCCCN2)cc1. The highest BCUT2D eigenvalue weighted by molar-refractivity contribution is 5.23. The normalized spacial score (nSPS) is 20.9. The van der Waals surface area contributed by atoms with E-state index in [9.17, 15) is 0 Å². The maximum atomic E-state index is 8.84. The Morgan fingerprint density at radius 3 is 2.50 bits per heavy atom. The van der Waals surface area contributed by atoms with Crippen LogP contribution < -0.4 is 5.32 Å². The predicted molar refractivity (Wildman–Crippen MR) is 66.6 cm³/mol. The molecule has 0 amide bonds. The fraction of sp³-hybridized carbons (Fsp3) is 0.571. The lowest BCUT2D eigenvalue weighted by atomic mass is 9.97. The number of rotatable bonds is 4. The van der Waals surface area contributed by atoms with Crippen LogP contribution in [0.15, 0.2) is 24.3 Å². The third-order valence-electron chi connectivity index (χ3n) is 3.32. The molecule has 1 heterocycles. The third kappa shape index (κ3) is 3.32. The van der Waals surface area contributed by atoms with E-state index in [-0.39, 0.29) is 6.61 Å². The van der Waals surface area contributed by atoms with Crippen molar-refractivity contribution >= 4 is 0 Å². The average molecular weight is 219 g/mol. The number of benzene rings is 1. The summed E-state index contributed by atoms with van der Waals surface area (Å²) in [5.74, 6) is 0. The standard InChI is InChI=1S/C14H21NO/c16-10-8-12-4-6-13(7-5-12)11-14-3-1-2-9-15-14/h4-7,14-16H,1-3,8-11H2. The van der Waals surface area contributed by atoms with Crippen molar-refractivity contribution < 1.29 is 5.11 Å². The Morgan fingerprint density at radius 2 is 1.88 bits per heavy atom. The minimum atomic E-state index is 0.240. The van der Waals surface area contributed by atoms with Crippen LogP contribution in [0.2, 0.25) is 0 Å². The predicted octanol–water partition coefficient (Wildman–Crippen LogP) is 1.91. The first kappa shape index (κ1) is 11.6. The molecule has 2 rings (SSSR count). The van der Waals surface area contributed by atoms with Gasteiger partial charge in [-0.05, 0) is 43.4 Å². The summed E-state index contributed by atoms with van der Waals surface area (Å²) in [5, 5.41) is 12.4. The number of hydrogen-bond acceptors (Lipinski definition) is 2. The van der Waals surface area contributed by atoms with Gasteiger partial charge < -0.3 is 10.4 Å². The Kier molecular flexibility index (Phi) is 4.37. The van der Waals surface area contributed by atoms with Gasteiger partial charge in [-0.3, -0.25) is 0 Å². The average Bonchev–Trinajstić information content (AvgIpc) is 2.33. The summed E-state index contributed by atoms with van der Waals surface area (Å²) in [4.78, 5) is 0. The van der Waals surface area contributed by atoms with Crippen LogP contribution >= 0.6 is 0 Å². The molecule has 0 bridgehead atoms. The Morgan fingerprint density at radius 1 is 1.12 bits per heavy atom. The number of nitrogens with one attached hydrogen (secondary N) is 1. The van der Waals surface area contributed by atoms with Gasteiger partial charge in [-0.2, -0.15) is 0 Å². The molecular weight excluding hydrogens is 198 g/mol. The summed E-state index contributed by atoms with van der Waals surface area (Å²) in [6.07, 6.45) is 5.89. The first-order valence-corrected chi connectivity index (χ1v) is 6.30. The van der Waals surface area contributed by atoms with Gasteiger partial charge in [0.25, 0.3) is 0 Å². The number of aliphatic hydroxyl groups excluding tert-OH is 1. The highest BCUT2D eigenvalue weighted by Gasteiger charge is 2.12. The van der Waals surface area contributed by atoms with Gasteiger partial charge in [-0.15, -0.1) is 0 Å². The second-order valence-corrected chi connectivity index (χ2v) is 4.64. The number of piperidine rings is 1. The van der Waals surface area contributed by atoms with E-state index in [1.54, 1.807) is 0 Å². The molecule has 0 aromatic heterocycles. The fourth-order valence-electron chi connectivity index (χ4n) is 2.35. The molecular formula is C14H21NO. The summed E-state index contributed by atoms with van der Waals surface area (Å²) in [6.45, 7) is 1.41. The van der Waals surface area contributed by atoms with Crippen LogP contribution in [0.3, 0.4) is 0 Å². The van der Waals surface area contributed by atoms with Crippen molar-refractivity contribution in [3.8, 4) is 0 Å². The Labute approximate surface area is 97.7 Å². The molecule has 88 valence electrons. The molecule has 0 saturated carbocycles. The van der Waals surface area contributed by atoms with Gasteiger partial charge in [-0.1, -0.05) is 30.7 Å². The summed E-state index contributed by atoms with van der Waals surface area (Å²) in [5.41, 5.74) is 2.63. The van der Waals surface area contributed by atoms with Crippen LogP contribution in [0, 0.1) is 0 Å². The van der Waals surface area contributed by atoms with Crippen molar-refractivity contribution in [1.29, 1.82) is 0 Å². The molecule has 16 heavy (non-hydrogen) atoms. The molecule has 1 fully saturated rings. The van der Waals surface area contributed by atoms with Crippen molar-refractivity contribution in [3.63, 3.8) is 0 Å². The van der Waals surface area contributed by atoms with E-state index in [4.69, 9.17) is 5.11 Å². The zero-order valence-electron chi connectivity index (χ0n) is 9.78. The van der Waals surface area contributed by atoms with Crippen LogP contribution in [-0.4, -0.2) is 24.3 Å². The minimum Gasteiger partial charge on any atom is -0.396 e. The molecule has 0 spiro atoms. The maximum absolute atomic E-state index is 8.84. The minimum absolute atomic E-state index is 0.240. The van der Waals surface area contributed by atoms with Crippen LogP contribution in [0.25, 0.3) is 0 Å². The van der Waals surface area contributed by atoms with Crippen molar-refractivity contribution in [2.45, 2.75) is 38.1 Å². The van der Waals surface area contributed by atoms with Gasteiger partial charge in [0.05, 0.1) is 0 Å². The summed E-state index contributed by atoms with van der Waals surface area (Å²) < 4.78 is 0.